The standard InChI is InChI=1S/C25H29N5O2/c1-17-15-18(2)27-25(26-17)28-21-11-7-5-9-19(21)24(31)30-14-13-29(3)22(16-30)20-10-6-8-12-23(20)32-4/h5-12,15,22H,13-14,16H2,1-4H3,(H,26,27,28)/t22-/m0/s1. The molecule has 1 aliphatic rings. The first-order valence-electron chi connectivity index (χ1n) is 10.8. The second-order valence-corrected chi connectivity index (χ2v) is 8.13. The zero-order valence-electron chi connectivity index (χ0n) is 19.0. The van der Waals surface area contributed by atoms with Gasteiger partial charge in [0.25, 0.3) is 5.91 Å². The molecule has 1 atom stereocenters. The maximum atomic E-state index is 13.6. The molecule has 7 nitrogen and oxygen atoms in total. The topological polar surface area (TPSA) is 70.6 Å². The molecular formula is C25H29N5O2. The van der Waals surface area contributed by atoms with Gasteiger partial charge in [-0.3, -0.25) is 9.69 Å². The number of ether oxygens (including phenoxy) is 1. The molecule has 166 valence electrons. The van der Waals surface area contributed by atoms with E-state index in [1.807, 2.05) is 67.3 Å². The molecule has 1 fully saturated rings. The van der Waals surface area contributed by atoms with E-state index in [1.54, 1.807) is 7.11 Å². The number of benzene rings is 2. The van der Waals surface area contributed by atoms with E-state index >= 15 is 0 Å². The molecule has 0 saturated carbocycles. The number of piperazine rings is 1. The Morgan fingerprint density at radius 3 is 2.47 bits per heavy atom. The number of nitrogens with zero attached hydrogens (tertiary/aromatic N) is 4. The van der Waals surface area contributed by atoms with Gasteiger partial charge in [-0.1, -0.05) is 30.3 Å². The van der Waals surface area contributed by atoms with Crippen molar-refractivity contribution in [2.75, 3.05) is 39.1 Å². The fourth-order valence-electron chi connectivity index (χ4n) is 4.19. The Balaban J connectivity index is 1.59. The van der Waals surface area contributed by atoms with Crippen molar-refractivity contribution in [3.05, 3.63) is 77.1 Å². The molecule has 0 aliphatic carbocycles. The maximum absolute atomic E-state index is 13.6. The van der Waals surface area contributed by atoms with Crippen LogP contribution in [0.2, 0.25) is 0 Å². The van der Waals surface area contributed by atoms with Crippen LogP contribution in [0.15, 0.2) is 54.6 Å². The molecule has 4 rings (SSSR count). The summed E-state index contributed by atoms with van der Waals surface area (Å²) in [6, 6.07) is 17.5. The van der Waals surface area contributed by atoms with E-state index in [2.05, 4.69) is 33.3 Å². The van der Waals surface area contributed by atoms with E-state index < -0.39 is 0 Å². The molecule has 2 aromatic carbocycles. The summed E-state index contributed by atoms with van der Waals surface area (Å²) in [6.45, 7) is 5.89. The molecule has 1 N–H and O–H groups in total. The van der Waals surface area contributed by atoms with E-state index in [1.165, 1.54) is 0 Å². The Hall–Kier alpha value is -3.45. The Kier molecular flexibility index (Phi) is 6.37. The quantitative estimate of drug-likeness (QED) is 0.659. The predicted molar refractivity (Wildman–Crippen MR) is 125 cm³/mol. The number of hydrogen-bond acceptors (Lipinski definition) is 6. The van der Waals surface area contributed by atoms with Crippen LogP contribution in [0.1, 0.15) is 33.4 Å². The van der Waals surface area contributed by atoms with E-state index in [0.717, 1.165) is 29.2 Å². The highest BCUT2D eigenvalue weighted by molar-refractivity contribution is 6.00. The van der Waals surface area contributed by atoms with E-state index in [4.69, 9.17) is 4.74 Å². The van der Waals surface area contributed by atoms with Crippen molar-refractivity contribution in [2.45, 2.75) is 19.9 Å². The van der Waals surface area contributed by atoms with Crippen LogP contribution in [0.4, 0.5) is 11.6 Å². The van der Waals surface area contributed by atoms with Crippen LogP contribution in [0.5, 0.6) is 5.75 Å². The number of aromatic nitrogens is 2. The molecule has 3 aromatic rings. The molecule has 1 saturated heterocycles. The minimum Gasteiger partial charge on any atom is -0.496 e. The minimum absolute atomic E-state index is 0.00882. The number of carbonyl (C=O) groups is 1. The summed E-state index contributed by atoms with van der Waals surface area (Å²) in [5.74, 6) is 1.33. The molecule has 7 heteroatoms. The lowest BCUT2D eigenvalue weighted by Gasteiger charge is -2.40. The third kappa shape index (κ3) is 4.57. The normalized spacial score (nSPS) is 16.6. The van der Waals surface area contributed by atoms with Gasteiger partial charge in [-0.2, -0.15) is 0 Å². The van der Waals surface area contributed by atoms with Gasteiger partial charge in [0, 0.05) is 36.6 Å². The SMILES string of the molecule is COc1ccccc1[C@@H]1CN(C(=O)c2ccccc2Nc2nc(C)cc(C)n2)CCN1C. The zero-order valence-corrected chi connectivity index (χ0v) is 19.0. The second-order valence-electron chi connectivity index (χ2n) is 8.13. The number of para-hydroxylation sites is 2. The Labute approximate surface area is 189 Å². The summed E-state index contributed by atoms with van der Waals surface area (Å²) in [5, 5.41) is 3.24. The van der Waals surface area contributed by atoms with Crippen LogP contribution >= 0.6 is 0 Å². The fourth-order valence-corrected chi connectivity index (χ4v) is 4.19. The highest BCUT2D eigenvalue weighted by Crippen LogP contribution is 2.32. The third-order valence-corrected chi connectivity index (χ3v) is 5.82. The van der Waals surface area contributed by atoms with Gasteiger partial charge in [-0.05, 0) is 45.2 Å². The zero-order chi connectivity index (χ0) is 22.7. The van der Waals surface area contributed by atoms with Crippen molar-refractivity contribution < 1.29 is 9.53 Å². The average molecular weight is 432 g/mol. The average Bonchev–Trinajstić information content (AvgIpc) is 2.78. The highest BCUT2D eigenvalue weighted by atomic mass is 16.5. The first-order chi connectivity index (χ1) is 15.5. The predicted octanol–water partition coefficient (Wildman–Crippen LogP) is 3.97. The lowest BCUT2D eigenvalue weighted by molar-refractivity contribution is 0.0543. The Bertz CT molecular complexity index is 1100. The molecule has 0 unspecified atom stereocenters. The summed E-state index contributed by atoms with van der Waals surface area (Å²) >= 11 is 0. The smallest absolute Gasteiger partial charge is 0.256 e. The summed E-state index contributed by atoms with van der Waals surface area (Å²) in [7, 11) is 3.77. The molecule has 32 heavy (non-hydrogen) atoms. The minimum atomic E-state index is -0.00882. The molecule has 0 radical (unpaired) electrons. The molecule has 0 spiro atoms. The first-order valence-corrected chi connectivity index (χ1v) is 10.8. The second kappa shape index (κ2) is 9.36. The summed E-state index contributed by atoms with van der Waals surface area (Å²) in [5.41, 5.74) is 4.16. The number of nitrogens with one attached hydrogen (secondary N) is 1. The van der Waals surface area contributed by atoms with Crippen LogP contribution in [-0.4, -0.2) is 59.5 Å². The van der Waals surface area contributed by atoms with E-state index in [0.29, 0.717) is 30.3 Å². The number of carbonyl (C=O) groups excluding carboxylic acids is 1. The summed E-state index contributed by atoms with van der Waals surface area (Å²) < 4.78 is 5.58. The molecular weight excluding hydrogens is 402 g/mol. The Morgan fingerprint density at radius 2 is 1.72 bits per heavy atom. The first kappa shape index (κ1) is 21.8. The number of methoxy groups -OCH3 is 1. The van der Waals surface area contributed by atoms with Crippen LogP contribution in [0.25, 0.3) is 0 Å². The molecule has 1 amide bonds. The summed E-state index contributed by atoms with van der Waals surface area (Å²) in [4.78, 5) is 26.7. The molecule has 1 aromatic heterocycles. The van der Waals surface area contributed by atoms with Gasteiger partial charge in [0.05, 0.1) is 24.4 Å². The van der Waals surface area contributed by atoms with Gasteiger partial charge in [-0.15, -0.1) is 0 Å². The molecule has 0 bridgehead atoms. The summed E-state index contributed by atoms with van der Waals surface area (Å²) in [6.07, 6.45) is 0. The van der Waals surface area contributed by atoms with Crippen LogP contribution < -0.4 is 10.1 Å². The monoisotopic (exact) mass is 431 g/mol. The highest BCUT2D eigenvalue weighted by Gasteiger charge is 2.31. The number of anilines is 2. The van der Waals surface area contributed by atoms with Gasteiger partial charge in [0.2, 0.25) is 5.95 Å². The number of hydrogen-bond donors (Lipinski definition) is 1. The van der Waals surface area contributed by atoms with Crippen molar-refractivity contribution in [1.82, 2.24) is 19.8 Å². The molecule has 1 aliphatic heterocycles. The van der Waals surface area contributed by atoms with Gasteiger partial charge >= 0.3 is 0 Å². The fraction of sp³-hybridized carbons (Fsp3) is 0.320. The van der Waals surface area contributed by atoms with Gasteiger partial charge in [0.1, 0.15) is 5.75 Å². The van der Waals surface area contributed by atoms with Crippen molar-refractivity contribution in [3.63, 3.8) is 0 Å². The number of rotatable bonds is 5. The molecule has 2 heterocycles. The van der Waals surface area contributed by atoms with Crippen molar-refractivity contribution in [3.8, 4) is 5.75 Å². The third-order valence-electron chi connectivity index (χ3n) is 5.82. The van der Waals surface area contributed by atoms with E-state index in [-0.39, 0.29) is 11.9 Å². The van der Waals surface area contributed by atoms with Crippen molar-refractivity contribution in [1.29, 1.82) is 0 Å². The number of amides is 1. The van der Waals surface area contributed by atoms with Gasteiger partial charge in [0.15, 0.2) is 0 Å². The van der Waals surface area contributed by atoms with Crippen LogP contribution in [-0.2, 0) is 0 Å². The largest absolute Gasteiger partial charge is 0.496 e. The lowest BCUT2D eigenvalue weighted by Crippen LogP contribution is -2.49. The van der Waals surface area contributed by atoms with Gasteiger partial charge in [-0.25, -0.2) is 9.97 Å². The van der Waals surface area contributed by atoms with Gasteiger partial charge < -0.3 is 15.0 Å². The Morgan fingerprint density at radius 1 is 1.03 bits per heavy atom. The maximum Gasteiger partial charge on any atom is 0.256 e. The number of aryl methyl sites for hydroxylation is 2. The van der Waals surface area contributed by atoms with Crippen LogP contribution in [0, 0.1) is 13.8 Å². The van der Waals surface area contributed by atoms with E-state index in [9.17, 15) is 4.79 Å². The number of likely N-dealkylation sites (N-methyl/N-ethyl adjacent to an activating group) is 1. The lowest BCUT2D eigenvalue weighted by atomic mass is 10.0. The van der Waals surface area contributed by atoms with Crippen molar-refractivity contribution in [2.24, 2.45) is 0 Å². The van der Waals surface area contributed by atoms with Crippen LogP contribution in [0.3, 0.4) is 0 Å². The van der Waals surface area contributed by atoms with Crippen molar-refractivity contribution >= 4 is 17.5 Å².